The van der Waals surface area contributed by atoms with E-state index >= 15 is 0 Å². The average Bonchev–Trinajstić information content (AvgIpc) is 3.14. The molecule has 2 N–H and O–H groups in total. The van der Waals surface area contributed by atoms with Crippen LogP contribution in [0.5, 0.6) is 0 Å². The minimum absolute atomic E-state index is 0.00508. The molecular formula is C23H27N5O. The topological polar surface area (TPSA) is 71.8 Å². The van der Waals surface area contributed by atoms with Gasteiger partial charge in [0.1, 0.15) is 0 Å². The van der Waals surface area contributed by atoms with Crippen LogP contribution in [0.25, 0.3) is 0 Å². The third-order valence-electron chi connectivity index (χ3n) is 5.53. The van der Waals surface area contributed by atoms with Gasteiger partial charge in [0.25, 0.3) is 0 Å². The molecule has 1 aliphatic heterocycles. The van der Waals surface area contributed by atoms with Gasteiger partial charge in [-0.2, -0.15) is 10.1 Å². The molecule has 1 aliphatic rings. The quantitative estimate of drug-likeness (QED) is 0.677. The fourth-order valence-corrected chi connectivity index (χ4v) is 3.93. The van der Waals surface area contributed by atoms with Crippen LogP contribution in [0.15, 0.2) is 60.7 Å². The van der Waals surface area contributed by atoms with E-state index in [9.17, 15) is 4.79 Å². The summed E-state index contributed by atoms with van der Waals surface area (Å²) < 4.78 is 1.68. The molecule has 2 heterocycles. The van der Waals surface area contributed by atoms with Crippen LogP contribution in [0.4, 0.5) is 5.95 Å². The largest absolute Gasteiger partial charge is 0.317 e. The van der Waals surface area contributed by atoms with Gasteiger partial charge in [0, 0.05) is 25.3 Å². The lowest BCUT2D eigenvalue weighted by Gasteiger charge is -2.19. The molecule has 29 heavy (non-hydrogen) atoms. The number of amides is 1. The molecule has 6 nitrogen and oxygen atoms in total. The lowest BCUT2D eigenvalue weighted by molar-refractivity contribution is -0.116. The molecule has 3 aromatic rings. The number of aryl methyl sites for hydroxylation is 1. The molecule has 1 amide bonds. The molecule has 1 aromatic heterocycles. The Balaban J connectivity index is 1.49. The van der Waals surface area contributed by atoms with Crippen LogP contribution in [0.2, 0.25) is 0 Å². The first-order valence-electron chi connectivity index (χ1n) is 10.2. The zero-order chi connectivity index (χ0) is 20.1. The van der Waals surface area contributed by atoms with E-state index in [0.717, 1.165) is 42.9 Å². The Morgan fingerprint density at radius 1 is 1.07 bits per heavy atom. The second-order valence-electron chi connectivity index (χ2n) is 7.57. The number of anilines is 1. The van der Waals surface area contributed by atoms with E-state index in [1.54, 1.807) is 4.68 Å². The Morgan fingerprint density at radius 2 is 1.66 bits per heavy atom. The molecule has 0 atom stereocenters. The van der Waals surface area contributed by atoms with Crippen molar-refractivity contribution in [3.8, 4) is 0 Å². The number of hydrogen-bond acceptors (Lipinski definition) is 4. The maximum atomic E-state index is 12.9. The standard InChI is InChI=1S/C23H27N5O/c1-28-23(26-22(27-28)19-12-14-24-15-13-19)25-21(29)16-20(17-8-4-2-5-9-17)18-10-6-3-7-11-18/h2-11,19-20,24H,12-16H2,1H3,(H,25,26,27,29). The van der Waals surface area contributed by atoms with Gasteiger partial charge in [-0.1, -0.05) is 60.7 Å². The van der Waals surface area contributed by atoms with Crippen LogP contribution in [0.1, 0.15) is 48.0 Å². The third kappa shape index (κ3) is 4.71. The number of benzene rings is 2. The van der Waals surface area contributed by atoms with Gasteiger partial charge in [0.15, 0.2) is 5.82 Å². The van der Waals surface area contributed by atoms with Crippen molar-refractivity contribution in [2.75, 3.05) is 18.4 Å². The summed E-state index contributed by atoms with van der Waals surface area (Å²) in [4.78, 5) is 17.5. The van der Waals surface area contributed by atoms with Gasteiger partial charge in [-0.25, -0.2) is 4.68 Å². The molecule has 150 valence electrons. The Kier molecular flexibility index (Phi) is 6.00. The van der Waals surface area contributed by atoms with E-state index in [1.807, 2.05) is 43.4 Å². The summed E-state index contributed by atoms with van der Waals surface area (Å²) in [7, 11) is 1.83. The van der Waals surface area contributed by atoms with Crippen LogP contribution < -0.4 is 10.6 Å². The monoisotopic (exact) mass is 389 g/mol. The van der Waals surface area contributed by atoms with E-state index in [1.165, 1.54) is 0 Å². The minimum Gasteiger partial charge on any atom is -0.317 e. The first-order chi connectivity index (χ1) is 14.2. The summed E-state index contributed by atoms with van der Waals surface area (Å²) in [6.45, 7) is 1.97. The van der Waals surface area contributed by atoms with Crippen molar-refractivity contribution in [2.24, 2.45) is 7.05 Å². The van der Waals surface area contributed by atoms with Gasteiger partial charge in [0.05, 0.1) is 0 Å². The molecule has 2 aromatic carbocycles. The molecule has 1 saturated heterocycles. The van der Waals surface area contributed by atoms with E-state index in [0.29, 0.717) is 18.3 Å². The maximum absolute atomic E-state index is 12.9. The Labute approximate surface area is 171 Å². The van der Waals surface area contributed by atoms with E-state index in [4.69, 9.17) is 0 Å². The van der Waals surface area contributed by atoms with Crippen molar-refractivity contribution in [2.45, 2.75) is 31.1 Å². The van der Waals surface area contributed by atoms with Crippen molar-refractivity contribution in [3.05, 3.63) is 77.6 Å². The number of aromatic nitrogens is 3. The highest BCUT2D eigenvalue weighted by Crippen LogP contribution is 2.28. The second-order valence-corrected chi connectivity index (χ2v) is 7.57. The number of rotatable bonds is 6. The van der Waals surface area contributed by atoms with E-state index < -0.39 is 0 Å². The Bertz CT molecular complexity index is 893. The summed E-state index contributed by atoms with van der Waals surface area (Å²) in [5.41, 5.74) is 2.25. The third-order valence-corrected chi connectivity index (χ3v) is 5.53. The fourth-order valence-electron chi connectivity index (χ4n) is 3.93. The molecule has 4 rings (SSSR count). The zero-order valence-corrected chi connectivity index (χ0v) is 16.7. The molecule has 1 fully saturated rings. The average molecular weight is 390 g/mol. The predicted molar refractivity (Wildman–Crippen MR) is 114 cm³/mol. The van der Waals surface area contributed by atoms with Gasteiger partial charge in [0.2, 0.25) is 11.9 Å². The van der Waals surface area contributed by atoms with Gasteiger partial charge in [-0.15, -0.1) is 0 Å². The van der Waals surface area contributed by atoms with Crippen molar-refractivity contribution in [1.29, 1.82) is 0 Å². The molecular weight excluding hydrogens is 362 g/mol. The van der Waals surface area contributed by atoms with Crippen molar-refractivity contribution >= 4 is 11.9 Å². The second kappa shape index (κ2) is 9.01. The van der Waals surface area contributed by atoms with Gasteiger partial charge < -0.3 is 5.32 Å². The highest BCUT2D eigenvalue weighted by Gasteiger charge is 2.23. The van der Waals surface area contributed by atoms with Crippen LogP contribution in [0, 0.1) is 0 Å². The zero-order valence-electron chi connectivity index (χ0n) is 16.7. The number of hydrogen-bond donors (Lipinski definition) is 2. The van der Waals surface area contributed by atoms with Crippen LogP contribution in [-0.2, 0) is 11.8 Å². The SMILES string of the molecule is Cn1nc(C2CCNCC2)nc1NC(=O)CC(c1ccccc1)c1ccccc1. The van der Waals surface area contributed by atoms with Crippen molar-refractivity contribution < 1.29 is 4.79 Å². The Morgan fingerprint density at radius 3 is 2.24 bits per heavy atom. The molecule has 0 saturated carbocycles. The fraction of sp³-hybridized carbons (Fsp3) is 0.348. The normalized spacial score (nSPS) is 14.8. The van der Waals surface area contributed by atoms with Gasteiger partial charge in [-0.05, 0) is 37.1 Å². The molecule has 0 radical (unpaired) electrons. The summed E-state index contributed by atoms with van der Waals surface area (Å²) in [5.74, 6) is 1.63. The van der Waals surface area contributed by atoms with Gasteiger partial charge >= 0.3 is 0 Å². The summed E-state index contributed by atoms with van der Waals surface area (Å²) in [6.07, 6.45) is 2.41. The first kappa shape index (κ1) is 19.3. The number of carbonyl (C=O) groups excluding carboxylic acids is 1. The lowest BCUT2D eigenvalue weighted by atomic mass is 9.88. The number of nitrogens with one attached hydrogen (secondary N) is 2. The van der Waals surface area contributed by atoms with Gasteiger partial charge in [-0.3, -0.25) is 10.1 Å². The van der Waals surface area contributed by atoms with Crippen LogP contribution in [0.3, 0.4) is 0 Å². The summed E-state index contributed by atoms with van der Waals surface area (Å²) >= 11 is 0. The van der Waals surface area contributed by atoms with Crippen LogP contribution >= 0.6 is 0 Å². The lowest BCUT2D eigenvalue weighted by Crippen LogP contribution is -2.27. The number of piperidine rings is 1. The molecule has 6 heteroatoms. The summed E-state index contributed by atoms with van der Waals surface area (Å²) in [5, 5.41) is 10.9. The minimum atomic E-state index is -0.0601. The smallest absolute Gasteiger partial charge is 0.227 e. The van der Waals surface area contributed by atoms with Crippen LogP contribution in [-0.4, -0.2) is 33.8 Å². The highest BCUT2D eigenvalue weighted by atomic mass is 16.1. The molecule has 0 bridgehead atoms. The molecule has 0 unspecified atom stereocenters. The maximum Gasteiger partial charge on any atom is 0.227 e. The van der Waals surface area contributed by atoms with E-state index in [2.05, 4.69) is 45.0 Å². The summed E-state index contributed by atoms with van der Waals surface area (Å²) in [6, 6.07) is 20.3. The first-order valence-corrected chi connectivity index (χ1v) is 10.2. The van der Waals surface area contributed by atoms with Crippen molar-refractivity contribution in [1.82, 2.24) is 20.1 Å². The predicted octanol–water partition coefficient (Wildman–Crippen LogP) is 3.44. The number of carbonyl (C=O) groups is 1. The van der Waals surface area contributed by atoms with Crippen molar-refractivity contribution in [3.63, 3.8) is 0 Å². The molecule has 0 aliphatic carbocycles. The molecule has 0 spiro atoms. The Hall–Kier alpha value is -2.99. The number of nitrogens with zero attached hydrogens (tertiary/aromatic N) is 3. The highest BCUT2D eigenvalue weighted by molar-refractivity contribution is 5.90. The van der Waals surface area contributed by atoms with E-state index in [-0.39, 0.29) is 11.8 Å².